The minimum absolute atomic E-state index is 0.616. The van der Waals surface area contributed by atoms with Crippen LogP contribution in [-0.4, -0.2) is 19.2 Å². The normalized spacial score (nSPS) is 16.4. The predicted octanol–water partition coefficient (Wildman–Crippen LogP) is 2.48. The Balaban J connectivity index is 1.98. The lowest BCUT2D eigenvalue weighted by atomic mass is 10.2. The molecule has 0 bridgehead atoms. The molecule has 4 nitrogen and oxygen atoms in total. The van der Waals surface area contributed by atoms with Crippen molar-refractivity contribution in [3.05, 3.63) is 29.8 Å². The van der Waals surface area contributed by atoms with Crippen molar-refractivity contribution < 1.29 is 8.42 Å². The molecule has 1 saturated carbocycles. The first kappa shape index (κ1) is 14.3. The minimum atomic E-state index is -3.34. The van der Waals surface area contributed by atoms with E-state index in [9.17, 15) is 8.42 Å². The smallest absolute Gasteiger partial charge is 0.237 e. The van der Waals surface area contributed by atoms with Crippen molar-refractivity contribution in [1.29, 1.82) is 0 Å². The summed E-state index contributed by atoms with van der Waals surface area (Å²) in [5.41, 5.74) is 1.79. The highest BCUT2D eigenvalue weighted by atomic mass is 32.2. The number of anilines is 1. The van der Waals surface area contributed by atoms with Gasteiger partial charge < -0.3 is 5.32 Å². The monoisotopic (exact) mass is 282 g/mol. The third kappa shape index (κ3) is 3.94. The summed E-state index contributed by atoms with van der Waals surface area (Å²) in [5.74, 6) is 0. The van der Waals surface area contributed by atoms with E-state index in [2.05, 4.69) is 10.0 Å². The Kier molecular flexibility index (Phi) is 3.87. The fraction of sp³-hybridized carbons (Fsp3) is 0.571. The van der Waals surface area contributed by atoms with E-state index >= 15 is 0 Å². The van der Waals surface area contributed by atoms with E-state index in [1.54, 1.807) is 20.8 Å². The second-order valence-electron chi connectivity index (χ2n) is 6.07. The molecule has 0 unspecified atom stereocenters. The number of rotatable bonds is 5. The lowest BCUT2D eigenvalue weighted by molar-refractivity contribution is 0.566. The first-order valence-electron chi connectivity index (χ1n) is 6.63. The van der Waals surface area contributed by atoms with Crippen LogP contribution >= 0.6 is 0 Å². The lowest BCUT2D eigenvalue weighted by Crippen LogP contribution is -2.33. The van der Waals surface area contributed by atoms with E-state index in [4.69, 9.17) is 0 Å². The SMILES string of the molecule is CC(C)(C)S(=O)(=O)Nc1ccc(CNC2CC2)cc1. The maximum atomic E-state index is 12.0. The van der Waals surface area contributed by atoms with Gasteiger partial charge in [0, 0.05) is 18.3 Å². The van der Waals surface area contributed by atoms with Crippen LogP contribution in [0.15, 0.2) is 24.3 Å². The molecular weight excluding hydrogens is 260 g/mol. The summed E-state index contributed by atoms with van der Waals surface area (Å²) >= 11 is 0. The molecule has 0 atom stereocenters. The van der Waals surface area contributed by atoms with E-state index < -0.39 is 14.8 Å². The summed E-state index contributed by atoms with van der Waals surface area (Å²) in [6, 6.07) is 8.21. The Labute approximate surface area is 115 Å². The highest BCUT2D eigenvalue weighted by molar-refractivity contribution is 7.94. The Morgan fingerprint density at radius 1 is 1.16 bits per heavy atom. The van der Waals surface area contributed by atoms with Crippen molar-refractivity contribution in [2.75, 3.05) is 4.72 Å². The zero-order valence-corrected chi connectivity index (χ0v) is 12.5. The second kappa shape index (κ2) is 5.13. The quantitative estimate of drug-likeness (QED) is 0.872. The Bertz CT molecular complexity index is 526. The molecule has 0 amide bonds. The molecule has 0 spiro atoms. The van der Waals surface area contributed by atoms with Gasteiger partial charge in [-0.25, -0.2) is 8.42 Å². The molecule has 2 N–H and O–H groups in total. The Morgan fingerprint density at radius 2 is 1.74 bits per heavy atom. The van der Waals surface area contributed by atoms with Gasteiger partial charge in [0.2, 0.25) is 10.0 Å². The number of nitrogens with one attached hydrogen (secondary N) is 2. The van der Waals surface area contributed by atoms with Crippen molar-refractivity contribution in [3.8, 4) is 0 Å². The maximum Gasteiger partial charge on any atom is 0.237 e. The zero-order chi connectivity index (χ0) is 14.1. The van der Waals surface area contributed by atoms with Gasteiger partial charge >= 0.3 is 0 Å². The zero-order valence-electron chi connectivity index (χ0n) is 11.7. The van der Waals surface area contributed by atoms with Crippen LogP contribution in [0.2, 0.25) is 0 Å². The summed E-state index contributed by atoms with van der Waals surface area (Å²) < 4.78 is 25.8. The van der Waals surface area contributed by atoms with Crippen molar-refractivity contribution in [3.63, 3.8) is 0 Å². The van der Waals surface area contributed by atoms with Gasteiger partial charge in [0.1, 0.15) is 0 Å². The topological polar surface area (TPSA) is 58.2 Å². The Morgan fingerprint density at radius 3 is 2.21 bits per heavy atom. The largest absolute Gasteiger partial charge is 0.310 e. The molecule has 1 aliphatic rings. The van der Waals surface area contributed by atoms with E-state index in [1.807, 2.05) is 24.3 Å². The van der Waals surface area contributed by atoms with E-state index in [0.717, 1.165) is 6.54 Å². The predicted molar refractivity (Wildman–Crippen MR) is 78.6 cm³/mol. The molecule has 0 aromatic heterocycles. The van der Waals surface area contributed by atoms with Gasteiger partial charge in [-0.05, 0) is 51.3 Å². The molecule has 1 aromatic carbocycles. The van der Waals surface area contributed by atoms with Crippen LogP contribution in [0.3, 0.4) is 0 Å². The average molecular weight is 282 g/mol. The summed E-state index contributed by atoms with van der Waals surface area (Å²) in [6.45, 7) is 5.90. The lowest BCUT2D eigenvalue weighted by Gasteiger charge is -2.20. The molecule has 0 radical (unpaired) electrons. The highest BCUT2D eigenvalue weighted by Crippen LogP contribution is 2.21. The van der Waals surface area contributed by atoms with Crippen molar-refractivity contribution in [2.24, 2.45) is 0 Å². The second-order valence-corrected chi connectivity index (χ2v) is 8.51. The third-order valence-corrected chi connectivity index (χ3v) is 5.30. The maximum absolute atomic E-state index is 12.0. The van der Waals surface area contributed by atoms with Crippen LogP contribution in [-0.2, 0) is 16.6 Å². The van der Waals surface area contributed by atoms with E-state index in [-0.39, 0.29) is 0 Å². The van der Waals surface area contributed by atoms with Crippen LogP contribution in [0.25, 0.3) is 0 Å². The van der Waals surface area contributed by atoms with Gasteiger partial charge in [0.25, 0.3) is 0 Å². The number of hydrogen-bond acceptors (Lipinski definition) is 3. The molecule has 5 heteroatoms. The standard InChI is InChI=1S/C14H22N2O2S/c1-14(2,3)19(17,18)16-13-6-4-11(5-7-13)10-15-12-8-9-12/h4-7,12,15-16H,8-10H2,1-3H3. The van der Waals surface area contributed by atoms with Crippen LogP contribution in [0.1, 0.15) is 39.2 Å². The van der Waals surface area contributed by atoms with Crippen molar-refractivity contribution in [1.82, 2.24) is 5.32 Å². The summed E-state index contributed by atoms with van der Waals surface area (Å²) in [4.78, 5) is 0. The van der Waals surface area contributed by atoms with Gasteiger partial charge in [0.05, 0.1) is 4.75 Å². The van der Waals surface area contributed by atoms with Crippen LogP contribution in [0.4, 0.5) is 5.69 Å². The van der Waals surface area contributed by atoms with Crippen LogP contribution in [0, 0.1) is 0 Å². The number of benzene rings is 1. The number of sulfonamides is 1. The van der Waals surface area contributed by atoms with Gasteiger partial charge in [-0.3, -0.25) is 4.72 Å². The Hall–Kier alpha value is -1.07. The van der Waals surface area contributed by atoms with Crippen LogP contribution in [0.5, 0.6) is 0 Å². The average Bonchev–Trinajstić information content (AvgIpc) is 3.10. The van der Waals surface area contributed by atoms with Gasteiger partial charge in [-0.1, -0.05) is 12.1 Å². The fourth-order valence-electron chi connectivity index (χ4n) is 1.55. The molecule has 19 heavy (non-hydrogen) atoms. The molecular formula is C14H22N2O2S. The summed E-state index contributed by atoms with van der Waals surface area (Å²) in [5, 5.41) is 3.43. The molecule has 2 rings (SSSR count). The van der Waals surface area contributed by atoms with E-state index in [0.29, 0.717) is 11.7 Å². The van der Waals surface area contributed by atoms with Crippen LogP contribution < -0.4 is 10.0 Å². The van der Waals surface area contributed by atoms with Gasteiger partial charge in [-0.2, -0.15) is 0 Å². The van der Waals surface area contributed by atoms with Gasteiger partial charge in [-0.15, -0.1) is 0 Å². The van der Waals surface area contributed by atoms with E-state index in [1.165, 1.54) is 18.4 Å². The molecule has 1 aliphatic carbocycles. The summed E-state index contributed by atoms with van der Waals surface area (Å²) in [7, 11) is -3.34. The first-order valence-corrected chi connectivity index (χ1v) is 8.11. The molecule has 0 saturated heterocycles. The minimum Gasteiger partial charge on any atom is -0.310 e. The molecule has 106 valence electrons. The molecule has 1 aromatic rings. The molecule has 1 fully saturated rings. The summed E-state index contributed by atoms with van der Waals surface area (Å²) in [6.07, 6.45) is 2.53. The molecule has 0 aliphatic heterocycles. The number of hydrogen-bond donors (Lipinski definition) is 2. The van der Waals surface area contributed by atoms with Crippen molar-refractivity contribution >= 4 is 15.7 Å². The third-order valence-electron chi connectivity index (χ3n) is 3.18. The first-order chi connectivity index (χ1) is 8.78. The highest BCUT2D eigenvalue weighted by Gasteiger charge is 2.28. The van der Waals surface area contributed by atoms with Crippen molar-refractivity contribution in [2.45, 2.75) is 50.9 Å². The fourth-order valence-corrected chi connectivity index (χ4v) is 2.30. The molecule has 0 heterocycles. The van der Waals surface area contributed by atoms with Gasteiger partial charge in [0.15, 0.2) is 0 Å².